The normalized spacial score (nSPS) is 18.4. The van der Waals surface area contributed by atoms with Crippen LogP contribution in [0.25, 0.3) is 0 Å². The van der Waals surface area contributed by atoms with Crippen molar-refractivity contribution in [2.45, 2.75) is 25.9 Å². The highest BCUT2D eigenvalue weighted by Crippen LogP contribution is 2.19. The molecular formula is C17H21N5O3S. The summed E-state index contributed by atoms with van der Waals surface area (Å²) in [6.07, 6.45) is 5.42. The average Bonchev–Trinajstić information content (AvgIpc) is 3.01. The number of anilines is 1. The van der Waals surface area contributed by atoms with Crippen LogP contribution in [0, 0.1) is 0 Å². The van der Waals surface area contributed by atoms with Gasteiger partial charge in [0.05, 0.1) is 11.5 Å². The Balaban J connectivity index is 1.71. The molecule has 1 aliphatic heterocycles. The lowest BCUT2D eigenvalue weighted by Crippen LogP contribution is -2.41. The van der Waals surface area contributed by atoms with E-state index in [9.17, 15) is 13.2 Å². The van der Waals surface area contributed by atoms with E-state index >= 15 is 0 Å². The van der Waals surface area contributed by atoms with E-state index in [1.807, 2.05) is 19.1 Å². The zero-order valence-corrected chi connectivity index (χ0v) is 15.3. The number of hydrogen-bond donors (Lipinski definition) is 1. The van der Waals surface area contributed by atoms with Gasteiger partial charge in [0, 0.05) is 37.7 Å². The van der Waals surface area contributed by atoms with Gasteiger partial charge in [-0.15, -0.1) is 0 Å². The van der Waals surface area contributed by atoms with Gasteiger partial charge in [-0.1, -0.05) is 6.07 Å². The Kier molecular flexibility index (Phi) is 5.46. The molecule has 1 N–H and O–H groups in total. The van der Waals surface area contributed by atoms with E-state index in [2.05, 4.69) is 20.3 Å². The van der Waals surface area contributed by atoms with E-state index in [0.717, 1.165) is 5.56 Å². The third kappa shape index (κ3) is 4.34. The molecule has 1 unspecified atom stereocenters. The molecule has 8 nitrogen and oxygen atoms in total. The first-order valence-corrected chi connectivity index (χ1v) is 10.3. The predicted octanol–water partition coefficient (Wildman–Crippen LogP) is 1.13. The van der Waals surface area contributed by atoms with Gasteiger partial charge in [-0.25, -0.2) is 18.4 Å². The highest BCUT2D eigenvalue weighted by Gasteiger charge is 2.34. The Labute approximate surface area is 152 Å². The molecular weight excluding hydrogens is 354 g/mol. The molecule has 1 saturated heterocycles. The van der Waals surface area contributed by atoms with E-state index in [-0.39, 0.29) is 29.1 Å². The van der Waals surface area contributed by atoms with Crippen LogP contribution in [0.1, 0.15) is 29.4 Å². The fourth-order valence-electron chi connectivity index (χ4n) is 2.98. The minimum Gasteiger partial charge on any atom is -0.350 e. The van der Waals surface area contributed by atoms with Crippen LogP contribution in [0.3, 0.4) is 0 Å². The number of carbonyl (C=O) groups is 1. The zero-order chi connectivity index (χ0) is 18.6. The van der Waals surface area contributed by atoms with Gasteiger partial charge in [0.1, 0.15) is 5.69 Å². The standard InChI is InChI=1S/C17H21N5O3S/c1-2-22(14-6-9-26(24,25)12-14)16(23)15-5-8-19-17(21-15)20-11-13-4-3-7-18-10-13/h3-5,7-8,10,14H,2,6,9,11-12H2,1H3,(H,19,20,21). The smallest absolute Gasteiger partial charge is 0.272 e. The molecule has 0 saturated carbocycles. The molecule has 0 bridgehead atoms. The molecule has 138 valence electrons. The van der Waals surface area contributed by atoms with Crippen molar-refractivity contribution in [3.63, 3.8) is 0 Å². The van der Waals surface area contributed by atoms with Crippen molar-refractivity contribution < 1.29 is 13.2 Å². The molecule has 1 aliphatic rings. The van der Waals surface area contributed by atoms with Gasteiger partial charge in [-0.3, -0.25) is 9.78 Å². The highest BCUT2D eigenvalue weighted by molar-refractivity contribution is 7.91. The fraction of sp³-hybridized carbons (Fsp3) is 0.412. The quantitative estimate of drug-likeness (QED) is 0.807. The predicted molar refractivity (Wildman–Crippen MR) is 97.4 cm³/mol. The maximum Gasteiger partial charge on any atom is 0.272 e. The summed E-state index contributed by atoms with van der Waals surface area (Å²) < 4.78 is 23.4. The molecule has 0 aromatic carbocycles. The highest BCUT2D eigenvalue weighted by atomic mass is 32.2. The summed E-state index contributed by atoms with van der Waals surface area (Å²) in [5.41, 5.74) is 1.22. The second kappa shape index (κ2) is 7.77. The molecule has 2 aromatic heterocycles. The number of amides is 1. The average molecular weight is 375 g/mol. The van der Waals surface area contributed by atoms with Crippen LogP contribution < -0.4 is 5.32 Å². The molecule has 0 spiro atoms. The molecule has 3 rings (SSSR count). The van der Waals surface area contributed by atoms with E-state index in [4.69, 9.17) is 0 Å². The zero-order valence-electron chi connectivity index (χ0n) is 14.5. The number of rotatable bonds is 6. The number of nitrogens with zero attached hydrogens (tertiary/aromatic N) is 4. The summed E-state index contributed by atoms with van der Waals surface area (Å²) in [7, 11) is -3.06. The second-order valence-corrected chi connectivity index (χ2v) is 8.36. The fourth-order valence-corrected chi connectivity index (χ4v) is 4.71. The van der Waals surface area contributed by atoms with Gasteiger partial charge in [0.15, 0.2) is 9.84 Å². The van der Waals surface area contributed by atoms with E-state index < -0.39 is 9.84 Å². The van der Waals surface area contributed by atoms with Crippen molar-refractivity contribution in [2.24, 2.45) is 0 Å². The molecule has 0 aliphatic carbocycles. The summed E-state index contributed by atoms with van der Waals surface area (Å²) in [5, 5.41) is 3.07. The van der Waals surface area contributed by atoms with Crippen LogP contribution in [0.15, 0.2) is 36.8 Å². The molecule has 3 heterocycles. The van der Waals surface area contributed by atoms with Crippen molar-refractivity contribution in [1.29, 1.82) is 0 Å². The van der Waals surface area contributed by atoms with Crippen molar-refractivity contribution in [2.75, 3.05) is 23.4 Å². The van der Waals surface area contributed by atoms with Gasteiger partial charge < -0.3 is 10.2 Å². The first-order valence-electron chi connectivity index (χ1n) is 8.45. The molecule has 1 atom stereocenters. The number of nitrogens with one attached hydrogen (secondary N) is 1. The minimum absolute atomic E-state index is 0.0176. The topological polar surface area (TPSA) is 105 Å². The lowest BCUT2D eigenvalue weighted by atomic mass is 10.2. The third-order valence-corrected chi connectivity index (χ3v) is 6.05. The van der Waals surface area contributed by atoms with Crippen LogP contribution in [-0.2, 0) is 16.4 Å². The summed E-state index contributed by atoms with van der Waals surface area (Å²) in [6.45, 7) is 2.76. The summed E-state index contributed by atoms with van der Waals surface area (Å²) in [6, 6.07) is 5.02. The summed E-state index contributed by atoms with van der Waals surface area (Å²) in [5.74, 6) is 0.212. The maximum atomic E-state index is 12.8. The van der Waals surface area contributed by atoms with Crippen LogP contribution >= 0.6 is 0 Å². The van der Waals surface area contributed by atoms with Crippen LogP contribution in [0.2, 0.25) is 0 Å². The first kappa shape index (κ1) is 18.2. The van der Waals surface area contributed by atoms with Crippen molar-refractivity contribution in [1.82, 2.24) is 19.9 Å². The largest absolute Gasteiger partial charge is 0.350 e. The Hall–Kier alpha value is -2.55. The van der Waals surface area contributed by atoms with Crippen LogP contribution in [0.4, 0.5) is 5.95 Å². The Morgan fingerprint density at radius 1 is 1.35 bits per heavy atom. The van der Waals surface area contributed by atoms with Gasteiger partial charge >= 0.3 is 0 Å². The minimum atomic E-state index is -3.06. The molecule has 9 heteroatoms. The Morgan fingerprint density at radius 2 is 2.19 bits per heavy atom. The number of hydrogen-bond acceptors (Lipinski definition) is 7. The SMILES string of the molecule is CCN(C(=O)c1ccnc(NCc2cccnc2)n1)C1CCS(=O)(=O)C1. The number of carbonyl (C=O) groups excluding carboxylic acids is 1. The van der Waals surface area contributed by atoms with Crippen molar-refractivity contribution >= 4 is 21.7 Å². The Morgan fingerprint density at radius 3 is 2.85 bits per heavy atom. The molecule has 1 fully saturated rings. The van der Waals surface area contributed by atoms with E-state index in [0.29, 0.717) is 25.5 Å². The monoisotopic (exact) mass is 375 g/mol. The number of aromatic nitrogens is 3. The van der Waals surface area contributed by atoms with E-state index in [1.54, 1.807) is 23.4 Å². The third-order valence-electron chi connectivity index (χ3n) is 4.30. The van der Waals surface area contributed by atoms with Crippen LogP contribution in [0.5, 0.6) is 0 Å². The lowest BCUT2D eigenvalue weighted by Gasteiger charge is -2.26. The summed E-state index contributed by atoms with van der Waals surface area (Å²) >= 11 is 0. The van der Waals surface area contributed by atoms with Gasteiger partial charge in [0.25, 0.3) is 5.91 Å². The molecule has 2 aromatic rings. The second-order valence-electron chi connectivity index (χ2n) is 6.13. The number of sulfone groups is 1. The Bertz CT molecular complexity index is 873. The lowest BCUT2D eigenvalue weighted by molar-refractivity contribution is 0.0702. The van der Waals surface area contributed by atoms with Crippen molar-refractivity contribution in [3.05, 3.63) is 48.0 Å². The van der Waals surface area contributed by atoms with Crippen LogP contribution in [-0.4, -0.2) is 58.3 Å². The van der Waals surface area contributed by atoms with Gasteiger partial charge in [0.2, 0.25) is 5.95 Å². The van der Waals surface area contributed by atoms with Crippen molar-refractivity contribution in [3.8, 4) is 0 Å². The molecule has 0 radical (unpaired) electrons. The maximum absolute atomic E-state index is 12.8. The first-order chi connectivity index (χ1) is 12.5. The number of pyridine rings is 1. The summed E-state index contributed by atoms with van der Waals surface area (Å²) in [4.78, 5) is 26.8. The van der Waals surface area contributed by atoms with Gasteiger partial charge in [-0.05, 0) is 31.0 Å². The molecule has 1 amide bonds. The van der Waals surface area contributed by atoms with E-state index in [1.165, 1.54) is 6.20 Å². The van der Waals surface area contributed by atoms with Gasteiger partial charge in [-0.2, -0.15) is 0 Å². The molecule has 26 heavy (non-hydrogen) atoms.